The molecular weight excluding hydrogens is 388 g/mol. The maximum Gasteiger partial charge on any atom is 0.435 e. The number of alkyl halides is 6. The van der Waals surface area contributed by atoms with Gasteiger partial charge in [-0.1, -0.05) is 12.1 Å². The van der Waals surface area contributed by atoms with Crippen molar-refractivity contribution in [1.82, 2.24) is 14.7 Å². The fourth-order valence-corrected chi connectivity index (χ4v) is 3.05. The average molecular weight is 405 g/mol. The van der Waals surface area contributed by atoms with Crippen molar-refractivity contribution in [2.75, 3.05) is 0 Å². The highest BCUT2D eigenvalue weighted by Crippen LogP contribution is 2.37. The van der Waals surface area contributed by atoms with Gasteiger partial charge in [0.15, 0.2) is 5.69 Å². The lowest BCUT2D eigenvalue weighted by atomic mass is 10.0. The first kappa shape index (κ1) is 20.2. The Labute approximate surface area is 156 Å². The Morgan fingerprint density at radius 3 is 2.39 bits per heavy atom. The molecule has 1 amide bonds. The van der Waals surface area contributed by atoms with Gasteiger partial charge in [-0.05, 0) is 43.5 Å². The molecule has 0 saturated heterocycles. The predicted octanol–water partition coefficient (Wildman–Crippen LogP) is 4.67. The minimum absolute atomic E-state index is 0.144. The van der Waals surface area contributed by atoms with Crippen molar-refractivity contribution in [2.24, 2.45) is 0 Å². The van der Waals surface area contributed by atoms with Crippen molar-refractivity contribution >= 4 is 5.91 Å². The zero-order chi connectivity index (χ0) is 20.7. The molecule has 1 saturated carbocycles. The predicted molar refractivity (Wildman–Crippen MR) is 87.0 cm³/mol. The van der Waals surface area contributed by atoms with Gasteiger partial charge in [0, 0.05) is 12.2 Å². The van der Waals surface area contributed by atoms with Crippen molar-refractivity contribution in [2.45, 2.75) is 50.7 Å². The van der Waals surface area contributed by atoms with Crippen LogP contribution >= 0.6 is 0 Å². The Morgan fingerprint density at radius 1 is 1.18 bits per heavy atom. The van der Waals surface area contributed by atoms with Crippen LogP contribution in [-0.2, 0) is 23.7 Å². The Balaban J connectivity index is 1.80. The van der Waals surface area contributed by atoms with Crippen LogP contribution < -0.4 is 0 Å². The Hall–Kier alpha value is -2.52. The van der Waals surface area contributed by atoms with Crippen LogP contribution in [0.15, 0.2) is 36.5 Å². The smallest absolute Gasteiger partial charge is 0.331 e. The summed E-state index contributed by atoms with van der Waals surface area (Å²) in [7, 11) is 0. The van der Waals surface area contributed by atoms with Gasteiger partial charge in [0.1, 0.15) is 6.54 Å². The first-order valence-corrected chi connectivity index (χ1v) is 8.56. The van der Waals surface area contributed by atoms with E-state index >= 15 is 0 Å². The van der Waals surface area contributed by atoms with E-state index in [0.29, 0.717) is 18.4 Å². The number of hydrogen-bond donors (Lipinski definition) is 0. The van der Waals surface area contributed by atoms with Crippen molar-refractivity contribution in [1.29, 1.82) is 0 Å². The zero-order valence-corrected chi connectivity index (χ0v) is 14.8. The number of carbonyl (C=O) groups excluding carboxylic acids is 1. The standard InChI is InChI=1S/C18H17F6N3O/c1-11(12-3-2-4-13(9-12)17(19,20)21)27(14-5-6-14)16(28)10-26-8-7-15(25-26)18(22,23)24/h2-4,7-9,11,14H,5-6,10H2,1H3/t11-/m1/s1. The molecule has 1 heterocycles. The van der Waals surface area contributed by atoms with E-state index in [1.165, 1.54) is 17.0 Å². The van der Waals surface area contributed by atoms with E-state index in [0.717, 1.165) is 29.1 Å². The first-order chi connectivity index (χ1) is 13.0. The largest absolute Gasteiger partial charge is 0.435 e. The molecule has 0 bridgehead atoms. The van der Waals surface area contributed by atoms with Crippen molar-refractivity contribution in [3.8, 4) is 0 Å². The van der Waals surface area contributed by atoms with E-state index in [9.17, 15) is 31.1 Å². The summed E-state index contributed by atoms with van der Waals surface area (Å²) < 4.78 is 77.7. The number of hydrogen-bond acceptors (Lipinski definition) is 2. The number of nitrogens with zero attached hydrogens (tertiary/aromatic N) is 3. The summed E-state index contributed by atoms with van der Waals surface area (Å²) >= 11 is 0. The second kappa shape index (κ2) is 7.14. The highest BCUT2D eigenvalue weighted by molar-refractivity contribution is 5.77. The van der Waals surface area contributed by atoms with Crippen molar-refractivity contribution in [3.05, 3.63) is 53.3 Å². The number of carbonyl (C=O) groups is 1. The minimum Gasteiger partial charge on any atom is -0.331 e. The zero-order valence-electron chi connectivity index (χ0n) is 14.8. The quantitative estimate of drug-likeness (QED) is 0.678. The maximum absolute atomic E-state index is 13.0. The summed E-state index contributed by atoms with van der Waals surface area (Å²) in [5.74, 6) is -0.496. The van der Waals surface area contributed by atoms with Gasteiger partial charge < -0.3 is 4.90 Å². The average Bonchev–Trinajstić information content (AvgIpc) is 3.30. The molecule has 1 aromatic carbocycles. The topological polar surface area (TPSA) is 38.1 Å². The van der Waals surface area contributed by atoms with Gasteiger partial charge in [-0.2, -0.15) is 31.4 Å². The summed E-state index contributed by atoms with van der Waals surface area (Å²) in [4.78, 5) is 14.1. The monoisotopic (exact) mass is 405 g/mol. The number of halogens is 6. The molecular formula is C18H17F6N3O. The van der Waals surface area contributed by atoms with Crippen molar-refractivity contribution < 1.29 is 31.1 Å². The molecule has 4 nitrogen and oxygen atoms in total. The van der Waals surface area contributed by atoms with E-state index in [4.69, 9.17) is 0 Å². The van der Waals surface area contributed by atoms with E-state index < -0.39 is 42.1 Å². The van der Waals surface area contributed by atoms with Crippen LogP contribution in [0.2, 0.25) is 0 Å². The highest BCUT2D eigenvalue weighted by atomic mass is 19.4. The SMILES string of the molecule is C[C@H](c1cccc(C(F)(F)F)c1)N(C(=O)Cn1ccc(C(F)(F)F)n1)C1CC1. The third-order valence-corrected chi connectivity index (χ3v) is 4.57. The van der Waals surface area contributed by atoms with E-state index in [1.54, 1.807) is 6.92 Å². The number of rotatable bonds is 5. The molecule has 0 unspecified atom stereocenters. The molecule has 0 spiro atoms. The molecule has 10 heteroatoms. The molecule has 28 heavy (non-hydrogen) atoms. The second-order valence-electron chi connectivity index (χ2n) is 6.73. The van der Waals surface area contributed by atoms with E-state index in [-0.39, 0.29) is 6.04 Å². The second-order valence-corrected chi connectivity index (χ2v) is 6.73. The molecule has 1 aromatic heterocycles. The number of benzene rings is 1. The molecule has 1 fully saturated rings. The molecule has 152 valence electrons. The van der Waals surface area contributed by atoms with Gasteiger partial charge in [0.2, 0.25) is 5.91 Å². The minimum atomic E-state index is -4.62. The van der Waals surface area contributed by atoms with Gasteiger partial charge in [-0.25, -0.2) is 0 Å². The van der Waals surface area contributed by atoms with Crippen LogP contribution in [0.25, 0.3) is 0 Å². The molecule has 1 aliphatic carbocycles. The third kappa shape index (κ3) is 4.48. The molecule has 2 aromatic rings. The normalized spacial score (nSPS) is 16.1. The van der Waals surface area contributed by atoms with Gasteiger partial charge in [-0.3, -0.25) is 9.48 Å². The van der Waals surface area contributed by atoms with E-state index in [1.807, 2.05) is 0 Å². The van der Waals surface area contributed by atoms with Crippen LogP contribution in [0.3, 0.4) is 0 Å². The maximum atomic E-state index is 13.0. The number of amides is 1. The summed E-state index contributed by atoms with van der Waals surface area (Å²) in [6.07, 6.45) is -6.67. The third-order valence-electron chi connectivity index (χ3n) is 4.57. The molecule has 0 N–H and O–H groups in total. The van der Waals surface area contributed by atoms with Gasteiger partial charge >= 0.3 is 12.4 Å². The lowest BCUT2D eigenvalue weighted by Gasteiger charge is -2.30. The fourth-order valence-electron chi connectivity index (χ4n) is 3.05. The summed E-state index contributed by atoms with van der Waals surface area (Å²) in [5.41, 5.74) is -1.61. The fraction of sp³-hybridized carbons (Fsp3) is 0.444. The first-order valence-electron chi connectivity index (χ1n) is 8.56. The van der Waals surface area contributed by atoms with Crippen LogP contribution in [0.4, 0.5) is 26.3 Å². The van der Waals surface area contributed by atoms with Crippen molar-refractivity contribution in [3.63, 3.8) is 0 Å². The molecule has 0 radical (unpaired) electrons. The Morgan fingerprint density at radius 2 is 1.86 bits per heavy atom. The Bertz CT molecular complexity index is 853. The van der Waals surface area contributed by atoms with Crippen LogP contribution in [0.5, 0.6) is 0 Å². The molecule has 0 aliphatic heterocycles. The molecule has 1 atom stereocenters. The lowest BCUT2D eigenvalue weighted by molar-refractivity contribution is -0.142. The Kier molecular flexibility index (Phi) is 5.16. The van der Waals surface area contributed by atoms with Crippen LogP contribution in [-0.4, -0.2) is 26.6 Å². The number of aromatic nitrogens is 2. The van der Waals surface area contributed by atoms with Gasteiger partial charge in [-0.15, -0.1) is 0 Å². The lowest BCUT2D eigenvalue weighted by Crippen LogP contribution is -2.38. The summed E-state index contributed by atoms with van der Waals surface area (Å²) in [5, 5.41) is 3.36. The van der Waals surface area contributed by atoms with Gasteiger partial charge in [0.05, 0.1) is 11.6 Å². The van der Waals surface area contributed by atoms with Crippen LogP contribution in [0, 0.1) is 0 Å². The van der Waals surface area contributed by atoms with Crippen LogP contribution in [0.1, 0.15) is 42.6 Å². The highest BCUT2D eigenvalue weighted by Gasteiger charge is 2.38. The summed E-state index contributed by atoms with van der Waals surface area (Å²) in [6, 6.07) is 4.68. The molecule has 3 rings (SSSR count). The summed E-state index contributed by atoms with van der Waals surface area (Å²) in [6.45, 7) is 1.19. The van der Waals surface area contributed by atoms with Gasteiger partial charge in [0.25, 0.3) is 0 Å². The molecule has 1 aliphatic rings. The van der Waals surface area contributed by atoms with E-state index in [2.05, 4.69) is 5.10 Å².